The number of hydrogen-bond donors (Lipinski definition) is 2. The number of hydrogen-bond acceptors (Lipinski definition) is 11. The number of ether oxygens (including phenoxy) is 4. The second kappa shape index (κ2) is 20.6. The number of carbonyl (C=O) groups excluding carboxylic acids is 3. The maximum absolute atomic E-state index is 15.1. The second-order valence-electron chi connectivity index (χ2n) is 13.9. The van der Waals surface area contributed by atoms with Gasteiger partial charge in [-0.05, 0) is 87.2 Å². The summed E-state index contributed by atoms with van der Waals surface area (Å²) < 4.78 is 64.7. The SMILES string of the molecule is CC(C)Oc1cc([C@H](Cc2c(Cl)c[n+](O)cc2Cl)OC(=O)c2cccc(CNC(C(=O)O[C@H]3CN4CCC3CC4)c3ccccc3F)c2)ccc1OC(F)F.O=C[O-]. The van der Waals surface area contributed by atoms with Gasteiger partial charge in [0.2, 0.25) is 12.4 Å². The van der Waals surface area contributed by atoms with Gasteiger partial charge >= 0.3 is 18.6 Å². The zero-order valence-corrected chi connectivity index (χ0v) is 33.0. The number of fused-ring (bicyclic) bond motifs is 3. The van der Waals surface area contributed by atoms with Crippen LogP contribution in [-0.2, 0) is 32.0 Å². The van der Waals surface area contributed by atoms with Gasteiger partial charge in [-0.2, -0.15) is 8.78 Å². The first-order valence-corrected chi connectivity index (χ1v) is 19.1. The molecule has 4 heterocycles. The number of benzene rings is 3. The average molecular weight is 849 g/mol. The third-order valence-corrected chi connectivity index (χ3v) is 10.3. The van der Waals surface area contributed by atoms with Crippen molar-refractivity contribution in [3.05, 3.63) is 123 Å². The van der Waals surface area contributed by atoms with Crippen molar-refractivity contribution in [2.24, 2.45) is 5.92 Å². The predicted octanol–water partition coefficient (Wildman–Crippen LogP) is 6.02. The van der Waals surface area contributed by atoms with Crippen LogP contribution in [0, 0.1) is 11.7 Å². The van der Waals surface area contributed by atoms with Gasteiger partial charge < -0.3 is 28.8 Å². The monoisotopic (exact) mass is 847 g/mol. The van der Waals surface area contributed by atoms with Crippen LogP contribution in [0.2, 0.25) is 10.0 Å². The van der Waals surface area contributed by atoms with Crippen molar-refractivity contribution < 1.29 is 61.5 Å². The third-order valence-electron chi connectivity index (χ3n) is 9.61. The Hall–Kier alpha value is -5.09. The molecule has 58 heavy (non-hydrogen) atoms. The molecule has 12 nitrogen and oxygen atoms in total. The number of carboxylic acid groups (broad SMARTS) is 1. The molecule has 1 aromatic heterocycles. The van der Waals surface area contributed by atoms with E-state index in [0.717, 1.165) is 25.9 Å². The molecule has 2 N–H and O–H groups in total. The number of nitrogens with zero attached hydrogens (tertiary/aromatic N) is 2. The summed E-state index contributed by atoms with van der Waals surface area (Å²) in [5.41, 5.74) is 1.57. The van der Waals surface area contributed by atoms with Crippen molar-refractivity contribution >= 4 is 41.6 Å². The molecule has 0 saturated carbocycles. The highest BCUT2D eigenvalue weighted by Crippen LogP contribution is 2.37. The molecular formula is C41H42Cl2F3N3O9. The lowest BCUT2D eigenvalue weighted by atomic mass is 9.86. The number of esters is 2. The Balaban J connectivity index is 0.00000207. The van der Waals surface area contributed by atoms with E-state index in [1.165, 1.54) is 42.7 Å². The lowest BCUT2D eigenvalue weighted by molar-refractivity contribution is -0.904. The molecule has 3 aromatic carbocycles. The Morgan fingerprint density at radius 2 is 1.69 bits per heavy atom. The average Bonchev–Trinajstić information content (AvgIpc) is 3.17. The summed E-state index contributed by atoms with van der Waals surface area (Å²) in [4.78, 5) is 38.0. The number of carbonyl (C=O) groups is 3. The molecule has 7 rings (SSSR count). The number of rotatable bonds is 15. The lowest BCUT2D eigenvalue weighted by Crippen LogP contribution is -2.52. The normalized spacial score (nSPS) is 18.1. The molecule has 1 unspecified atom stereocenters. The van der Waals surface area contributed by atoms with Gasteiger partial charge in [0, 0.05) is 41.8 Å². The maximum atomic E-state index is 15.1. The topological polar surface area (TPSA) is 151 Å². The number of nitrogens with one attached hydrogen (secondary N) is 1. The second-order valence-corrected chi connectivity index (χ2v) is 14.7. The Morgan fingerprint density at radius 1 is 1.00 bits per heavy atom. The minimum Gasteiger partial charge on any atom is -0.554 e. The number of halogens is 5. The van der Waals surface area contributed by atoms with Crippen LogP contribution in [0.5, 0.6) is 11.5 Å². The van der Waals surface area contributed by atoms with E-state index in [1.54, 1.807) is 50.2 Å². The van der Waals surface area contributed by atoms with E-state index in [1.807, 2.05) is 0 Å². The van der Waals surface area contributed by atoms with Crippen molar-refractivity contribution in [2.45, 2.75) is 70.6 Å². The first-order valence-electron chi connectivity index (χ1n) is 18.4. The smallest absolute Gasteiger partial charge is 0.387 e. The molecular weight excluding hydrogens is 806 g/mol. The molecule has 4 aromatic rings. The van der Waals surface area contributed by atoms with Crippen molar-refractivity contribution in [1.29, 1.82) is 0 Å². The summed E-state index contributed by atoms with van der Waals surface area (Å²) in [6.45, 7) is 2.48. The highest BCUT2D eigenvalue weighted by atomic mass is 35.5. The van der Waals surface area contributed by atoms with E-state index in [0.29, 0.717) is 28.0 Å². The lowest BCUT2D eigenvalue weighted by Gasteiger charge is -2.44. The molecule has 0 aliphatic carbocycles. The van der Waals surface area contributed by atoms with Gasteiger partial charge in [0.25, 0.3) is 0 Å². The summed E-state index contributed by atoms with van der Waals surface area (Å²) in [6.07, 6.45) is 2.47. The van der Waals surface area contributed by atoms with Crippen molar-refractivity contribution in [1.82, 2.24) is 10.2 Å². The summed E-state index contributed by atoms with van der Waals surface area (Å²) in [7, 11) is 0. The van der Waals surface area contributed by atoms with E-state index >= 15 is 4.39 Å². The van der Waals surface area contributed by atoms with Gasteiger partial charge in [0.05, 0.1) is 11.7 Å². The fraction of sp³-hybridized carbons (Fsp3) is 0.366. The summed E-state index contributed by atoms with van der Waals surface area (Å²) >= 11 is 12.9. The van der Waals surface area contributed by atoms with Crippen LogP contribution in [0.4, 0.5) is 13.2 Å². The molecule has 3 aliphatic heterocycles. The van der Waals surface area contributed by atoms with Gasteiger partial charge in [0.1, 0.15) is 34.1 Å². The van der Waals surface area contributed by atoms with Crippen LogP contribution < -0.4 is 24.6 Å². The molecule has 17 heteroatoms. The van der Waals surface area contributed by atoms with E-state index in [4.69, 9.17) is 47.3 Å². The minimum atomic E-state index is -3.11. The minimum absolute atomic E-state index is 0.00295. The molecule has 0 spiro atoms. The molecule has 310 valence electrons. The molecule has 0 radical (unpaired) electrons. The maximum Gasteiger partial charge on any atom is 0.387 e. The third kappa shape index (κ3) is 11.7. The van der Waals surface area contributed by atoms with Crippen LogP contribution in [0.3, 0.4) is 0 Å². The van der Waals surface area contributed by atoms with Gasteiger partial charge in [-0.1, -0.05) is 59.6 Å². The first-order chi connectivity index (χ1) is 27.8. The fourth-order valence-electron chi connectivity index (χ4n) is 6.93. The van der Waals surface area contributed by atoms with Gasteiger partial charge in [-0.3, -0.25) is 15.4 Å². The molecule has 3 atom stereocenters. The quantitative estimate of drug-likeness (QED) is 0.0626. The van der Waals surface area contributed by atoms with Crippen LogP contribution in [0.15, 0.2) is 79.1 Å². The number of alkyl halides is 2. The van der Waals surface area contributed by atoms with Crippen molar-refractivity contribution in [3.8, 4) is 11.5 Å². The van der Waals surface area contributed by atoms with Crippen LogP contribution in [-0.4, -0.2) is 67.0 Å². The molecule has 3 fully saturated rings. The van der Waals surface area contributed by atoms with Gasteiger partial charge in [0.15, 0.2) is 11.5 Å². The van der Waals surface area contributed by atoms with Gasteiger partial charge in [-0.15, -0.1) is 0 Å². The zero-order valence-electron chi connectivity index (χ0n) is 31.5. The standard InChI is InChI=1S/C40H41Cl2F3N3O7.CH2O2/c1-23(2)52-35-17-26(10-11-33(35)55-40(44)45)34(18-29-30(41)20-48(51)21-31(29)42)53-38(49)27-7-5-6-24(16-27)19-46-37(28-8-3-4-9-32(28)43)39(50)54-36-22-47-14-12-25(36)13-15-47;2-1-3/h3-11,16-17,20-21,23,25,34,36-37,40,46,51H,12-15,18-19,22H2,1-2H3;1H,(H,2,3)/q+1;/p-1/t34-,36-,37?;/m0./s1. The molecule has 0 amide bonds. The Labute approximate surface area is 342 Å². The Kier molecular flexibility index (Phi) is 15.6. The van der Waals surface area contributed by atoms with E-state index in [-0.39, 0.29) is 57.7 Å². The van der Waals surface area contributed by atoms with Crippen LogP contribution >= 0.6 is 23.2 Å². The zero-order chi connectivity index (χ0) is 41.9. The molecule has 3 saturated heterocycles. The summed E-state index contributed by atoms with van der Waals surface area (Å²) in [5, 5.41) is 21.5. The van der Waals surface area contributed by atoms with Crippen molar-refractivity contribution in [3.63, 3.8) is 0 Å². The van der Waals surface area contributed by atoms with Crippen LogP contribution in [0.1, 0.15) is 71.4 Å². The molecule has 2 bridgehead atoms. The van der Waals surface area contributed by atoms with Crippen molar-refractivity contribution in [2.75, 3.05) is 19.6 Å². The van der Waals surface area contributed by atoms with E-state index in [2.05, 4.69) is 15.0 Å². The van der Waals surface area contributed by atoms with Gasteiger partial charge in [-0.25, -0.2) is 14.0 Å². The predicted molar refractivity (Wildman–Crippen MR) is 202 cm³/mol. The Bertz CT molecular complexity index is 2030. The van der Waals surface area contributed by atoms with Crippen LogP contribution in [0.25, 0.3) is 0 Å². The fourth-order valence-corrected chi connectivity index (χ4v) is 7.53. The highest BCUT2D eigenvalue weighted by molar-refractivity contribution is 6.35. The number of aromatic nitrogens is 1. The van der Waals surface area contributed by atoms with E-state index in [9.17, 15) is 23.6 Å². The summed E-state index contributed by atoms with van der Waals surface area (Å²) in [5.74, 6) is -1.85. The highest BCUT2D eigenvalue weighted by Gasteiger charge is 2.38. The first kappa shape index (κ1) is 44.0. The summed E-state index contributed by atoms with van der Waals surface area (Å²) in [6, 6.07) is 15.6. The Morgan fingerprint density at radius 3 is 2.31 bits per heavy atom. The largest absolute Gasteiger partial charge is 0.554 e. The van der Waals surface area contributed by atoms with E-state index < -0.39 is 49.1 Å². The molecule has 3 aliphatic rings. The number of pyridine rings is 1. The number of piperidine rings is 3.